The number of carbonyl (C=O) groups excluding carboxylic acids is 12. The zero-order valence-corrected chi connectivity index (χ0v) is 86.4. The van der Waals surface area contributed by atoms with E-state index in [-0.39, 0.29) is 215 Å². The summed E-state index contributed by atoms with van der Waals surface area (Å²) < 4.78 is 89.0. The van der Waals surface area contributed by atoms with Crippen molar-refractivity contribution in [2.45, 2.75) is 138 Å². The van der Waals surface area contributed by atoms with E-state index in [0.717, 1.165) is 27.7 Å². The predicted octanol–water partition coefficient (Wildman–Crippen LogP) is 6.31. The van der Waals surface area contributed by atoms with Gasteiger partial charge in [0.25, 0.3) is 0 Å². The molecule has 0 aliphatic heterocycles. The number of aliphatic hydroxyl groups is 16. The largest absolute Gasteiger partial charge is 0.561 e. The maximum absolute atomic E-state index is 13.6. The molecule has 0 heterocycles. The van der Waals surface area contributed by atoms with Crippen LogP contribution >= 0.6 is 0 Å². The van der Waals surface area contributed by atoms with Gasteiger partial charge in [0.2, 0.25) is 0 Å². The Hall–Kier alpha value is -8.79. The van der Waals surface area contributed by atoms with E-state index in [0.29, 0.717) is 29.1 Å². The van der Waals surface area contributed by atoms with Crippen molar-refractivity contribution in [2.75, 3.05) is 63.5 Å². The first kappa shape index (κ1) is 112. The fourth-order valence-corrected chi connectivity index (χ4v) is 21.9. The Morgan fingerprint density at radius 2 is 0.613 bits per heavy atom. The number of fused-ring (bicyclic) bond motifs is 12. The van der Waals surface area contributed by atoms with Gasteiger partial charge < -0.3 is 110 Å². The van der Waals surface area contributed by atoms with Gasteiger partial charge in [-0.25, -0.2) is 5.26 Å². The van der Waals surface area contributed by atoms with Crippen molar-refractivity contribution >= 4 is 69.4 Å². The summed E-state index contributed by atoms with van der Waals surface area (Å²) in [5, 5.41) is 187. The molecule has 0 saturated heterocycles. The van der Waals surface area contributed by atoms with Gasteiger partial charge in [0, 0.05) is 194 Å². The number of nitrogens with zero attached hydrogens (tertiary/aromatic N) is 5. The van der Waals surface area contributed by atoms with Gasteiger partial charge >= 0.3 is 12.5 Å². The topological polar surface area (TPSA) is 584 Å². The number of ether oxygens (including phenoxy) is 2. The molecule has 0 spiro atoms. The number of carbonyl (C=O) groups is 12. The van der Waals surface area contributed by atoms with Crippen LogP contribution in [0.1, 0.15) is 79.1 Å². The molecule has 0 aromatic carbocycles. The summed E-state index contributed by atoms with van der Waals surface area (Å²) in [4.78, 5) is 156. The van der Waals surface area contributed by atoms with Gasteiger partial charge in [-0.1, -0.05) is 11.1 Å². The number of nitriles is 1. The van der Waals surface area contributed by atoms with Crippen LogP contribution in [0.4, 0.5) is 26.3 Å². The third kappa shape index (κ3) is 17.4. The quantitative estimate of drug-likeness (QED) is 0.0647. The summed E-state index contributed by atoms with van der Waals surface area (Å²) in [6.45, 7) is 4.15. The van der Waals surface area contributed by atoms with Gasteiger partial charge in [0.15, 0.2) is 68.7 Å². The molecule has 16 rings (SSSR count). The number of ketones is 12. The van der Waals surface area contributed by atoms with Gasteiger partial charge in [-0.05, 0) is 181 Å². The molecule has 0 amide bonds. The third-order valence-electron chi connectivity index (χ3n) is 27.4. The molecule has 0 aromatic rings. The van der Waals surface area contributed by atoms with Crippen LogP contribution in [0, 0.1) is 83.0 Å². The molecule has 137 heavy (non-hydrogen) atoms. The second-order valence-corrected chi connectivity index (χ2v) is 35.5. The Morgan fingerprint density at radius 3 is 0.861 bits per heavy atom. The van der Waals surface area contributed by atoms with Crippen molar-refractivity contribution < 1.29 is 306 Å². The molecule has 16 atom stereocenters. The standard InChI is InChI=1S/C23H21F3NO8.C23H21F3NO7.C23H21N2O7.C23H24NO8.4Y/c1-8(28)14-19(31)17(27(2)3)11-7-9-6-10-13(35-23(24,25)26)5-4-12(29)16(10)18(30)15(9)21(33)22(11,34)20(14)32;1-8(28)14-19(31)17(27(2)3)12-7-9-6-10-11(23(24,25)26)4-5-13(29)16(10)18(30)15(9)21(33)22(12,34)20(14)32;1-9(26)15-20(29)18(25(2)3)13-7-11-6-12-10(8-24)4-5-14(27)17(12)19(28)16(11)22(31)23(13,32)21(15)30;1-9(25)15-20(28)18(24(2)3)12-8-10-7-11-14(32-4)6-5-13(26)17(11)19(27)16(10)22(30)23(12,31)21(15)29;;;;/h5,9,11,17,30,32-34H,6-7H2,1-3H3;4,9,12,17,30,32-34H,6-7H2,1-3H3;4,11,13,18,28,30-32H,6-7H2,1-3H3;6,10,12,18,27,29-31H,7-8H2,1-4H3;;;;/q4*-1;;;;/t9-,11-,17-,22+;9-,12-,17-,22+;11-,13-,18-,23+;10-,12-,18-,23+;;;;/m0000..../s1. The van der Waals surface area contributed by atoms with Crippen LogP contribution in [0.2, 0.25) is 0 Å². The third-order valence-corrected chi connectivity index (χ3v) is 27.4. The van der Waals surface area contributed by atoms with Gasteiger partial charge in [0.1, 0.15) is 68.4 Å². The van der Waals surface area contributed by atoms with Crippen molar-refractivity contribution in [1.82, 2.24) is 19.6 Å². The van der Waals surface area contributed by atoms with E-state index in [1.807, 2.05) is 18.2 Å². The Labute approximate surface area is 876 Å². The number of rotatable bonds is 10. The Morgan fingerprint density at radius 1 is 0.380 bits per heavy atom. The van der Waals surface area contributed by atoms with Crippen molar-refractivity contribution in [2.24, 2.45) is 47.3 Å². The Kier molecular flexibility index (Phi) is 32.3. The second-order valence-electron chi connectivity index (χ2n) is 35.5. The van der Waals surface area contributed by atoms with E-state index in [4.69, 9.17) is 4.74 Å². The van der Waals surface area contributed by atoms with Gasteiger partial charge in [-0.2, -0.15) is 25.3 Å². The van der Waals surface area contributed by atoms with Crippen LogP contribution in [0.25, 0.3) is 0 Å². The summed E-state index contributed by atoms with van der Waals surface area (Å²) in [5.41, 5.74) is -16.7. The second kappa shape index (κ2) is 39.6. The van der Waals surface area contributed by atoms with Crippen LogP contribution in [0.5, 0.6) is 0 Å². The first-order valence-electron chi connectivity index (χ1n) is 40.9. The maximum atomic E-state index is 13.6. The molecule has 16 aliphatic carbocycles. The molecule has 4 radical (unpaired) electrons. The molecular weight excluding hydrogens is 2120 g/mol. The molecule has 0 saturated carbocycles. The zero-order chi connectivity index (χ0) is 99.1. The zero-order valence-electron chi connectivity index (χ0n) is 75.1. The minimum atomic E-state index is -5.10. The smallest absolute Gasteiger partial charge is 0.554 e. The minimum absolute atomic E-state index is 0. The fraction of sp³-hybridized carbons (Fsp3) is 0.424. The normalized spacial score (nSPS) is 30.9. The molecule has 16 aliphatic rings. The van der Waals surface area contributed by atoms with Crippen LogP contribution in [-0.2, 0) is 198 Å². The van der Waals surface area contributed by atoms with E-state index >= 15 is 0 Å². The Bertz CT molecular complexity index is 6230. The summed E-state index contributed by atoms with van der Waals surface area (Å²) >= 11 is 0. The number of alkyl halides is 6. The van der Waals surface area contributed by atoms with Crippen LogP contribution in [-0.4, -0.2) is 293 Å². The number of methoxy groups -OCH3 is 1. The number of hydrogen-bond acceptors (Lipinski definition) is 35. The number of aliphatic hydroxyl groups excluding tert-OH is 12. The van der Waals surface area contributed by atoms with Crippen molar-refractivity contribution in [1.29, 1.82) is 5.26 Å². The number of likely N-dealkylation sites (N-methyl/N-ethyl adjacent to an activating group) is 4. The van der Waals surface area contributed by atoms with Crippen LogP contribution < -0.4 is 0 Å². The number of halogens is 6. The first-order chi connectivity index (χ1) is 61.7. The summed E-state index contributed by atoms with van der Waals surface area (Å²) in [6.07, 6.45) is 1.85. The monoisotopic (exact) mass is 2210 g/mol. The summed E-state index contributed by atoms with van der Waals surface area (Å²) in [7, 11) is 13.7. The molecule has 0 fully saturated rings. The minimum Gasteiger partial charge on any atom is -0.554 e. The maximum Gasteiger partial charge on any atom is 0.561 e. The molecule has 0 unspecified atom stereocenters. The molecular formula is C92H87F6N5O30Y4-4. The van der Waals surface area contributed by atoms with Crippen LogP contribution in [0.15, 0.2) is 205 Å². The van der Waals surface area contributed by atoms with Crippen molar-refractivity contribution in [3.05, 3.63) is 230 Å². The van der Waals surface area contributed by atoms with Crippen molar-refractivity contribution in [3.63, 3.8) is 0 Å². The average molecular weight is 2210 g/mol. The molecule has 0 bridgehead atoms. The average Bonchev–Trinajstić information content (AvgIpc) is 0.710. The fourth-order valence-electron chi connectivity index (χ4n) is 21.9. The van der Waals surface area contributed by atoms with Crippen molar-refractivity contribution in [3.8, 4) is 6.07 Å². The number of allylic oxidation sites excluding steroid dienone is 22. The van der Waals surface area contributed by atoms with E-state index in [9.17, 15) is 171 Å². The predicted molar refractivity (Wildman–Crippen MR) is 438 cm³/mol. The molecule has 718 valence electrons. The summed E-state index contributed by atoms with van der Waals surface area (Å²) in [5.74, 6) is -28.5. The summed E-state index contributed by atoms with van der Waals surface area (Å²) in [6, 6.07) is -2.51. The van der Waals surface area contributed by atoms with E-state index < -0.39 is 307 Å². The number of Topliss-reactive ketones (excluding diaryl/α,β-unsaturated/α-hetero) is 12. The van der Waals surface area contributed by atoms with Gasteiger partial charge in [-0.3, -0.25) is 58.0 Å². The van der Waals surface area contributed by atoms with Crippen LogP contribution in [0.3, 0.4) is 0 Å². The van der Waals surface area contributed by atoms with E-state index in [1.165, 1.54) is 67.1 Å². The number of hydrogen-bond donors (Lipinski definition) is 16. The molecule has 45 heteroatoms. The van der Waals surface area contributed by atoms with E-state index in [2.05, 4.69) is 16.9 Å². The van der Waals surface area contributed by atoms with E-state index in [1.54, 1.807) is 28.2 Å². The van der Waals surface area contributed by atoms with Gasteiger partial charge in [-0.15, -0.1) is 71.9 Å². The SMILES string of the molecule is CC(=O)C1=C(O)[C@@]2(O)C(O)=C3C(O)=C4C(=O)[C-]=CC(C#N)=C4C[C@H]3C[C@H]2[C@H](N(C)C)C1=O.CC(=O)C1=C(O)[C@@]2(O)C(O)=C3C(O)=C4C(=O)[C-]=CC(C(F)(F)F)=C4C[C@H]3C[C@H]2[C@H](N(C)C)C1=O.CC(=O)C1=C(O)[C@@]2(O)C(O)=C3C(O)=C4C(=O)[C-]=CC(OC(F)(F)F)=C4C[C@H]3C[C@H]2[C@H](N(C)C)C1=O.COC1=C2C[C@H]3C[C@H]4[C@H](N(C)C)C(=O)C(C(C)=O)=C(O)[C@@]4(O)C(O)=C3C(O)=C2C(=O)[C-]=C1.[Y].[Y].[Y].[Y]. The molecule has 0 aromatic heterocycles. The van der Waals surface area contributed by atoms with Gasteiger partial charge in [0.05, 0.1) is 77.4 Å². The molecule has 16 N–H and O–H groups in total. The Balaban J connectivity index is 0.000000203. The first-order valence-corrected chi connectivity index (χ1v) is 40.9. The molecule has 35 nitrogen and oxygen atoms in total.